The Morgan fingerprint density at radius 3 is 2.65 bits per heavy atom. The van der Waals surface area contributed by atoms with Crippen LogP contribution in [-0.4, -0.2) is 97.1 Å². The van der Waals surface area contributed by atoms with E-state index in [2.05, 4.69) is 22.5 Å². The van der Waals surface area contributed by atoms with Crippen molar-refractivity contribution in [1.29, 1.82) is 0 Å². The van der Waals surface area contributed by atoms with Gasteiger partial charge in [0.1, 0.15) is 18.5 Å². The number of hydrogen-bond donors (Lipinski definition) is 4. The Hall–Kier alpha value is -3.99. The van der Waals surface area contributed by atoms with Gasteiger partial charge >= 0.3 is 12.1 Å². The number of alkyl halides is 4. The van der Waals surface area contributed by atoms with Crippen LogP contribution in [0.25, 0.3) is 10.9 Å². The predicted molar refractivity (Wildman–Crippen MR) is 155 cm³/mol. The first-order valence-corrected chi connectivity index (χ1v) is 13.6. The van der Waals surface area contributed by atoms with Crippen molar-refractivity contribution in [1.82, 2.24) is 9.47 Å². The second-order valence-electron chi connectivity index (χ2n) is 10.3. The van der Waals surface area contributed by atoms with Crippen LogP contribution in [0, 0.1) is 11.8 Å². The fourth-order valence-electron chi connectivity index (χ4n) is 5.15. The van der Waals surface area contributed by atoms with Crippen molar-refractivity contribution in [3.05, 3.63) is 53.7 Å². The van der Waals surface area contributed by atoms with Gasteiger partial charge in [-0.05, 0) is 48.7 Å². The average molecular weight is 607 g/mol. The molecule has 13 heteroatoms. The number of aliphatic hydroxyl groups excluding tert-OH is 1. The number of benzene rings is 2. The summed E-state index contributed by atoms with van der Waals surface area (Å²) >= 11 is 0. The number of rotatable bonds is 11. The lowest BCUT2D eigenvalue weighted by Gasteiger charge is -2.36. The molecule has 4 rings (SSSR count). The van der Waals surface area contributed by atoms with Crippen LogP contribution in [-0.2, 0) is 11.3 Å². The summed E-state index contributed by atoms with van der Waals surface area (Å²) in [6.07, 6.45) is -6.05. The molecule has 0 spiro atoms. The number of fused-ring (bicyclic) bond motifs is 1. The SMILES string of the molecule is COC[C@H](O)CN1CCC(Nc2cccc3c2cc(C#CCNc2ccc(C(=O)O)cc2OC)n3CC(F)(F)F)[C@@H](F)C1. The maximum atomic E-state index is 15.1. The van der Waals surface area contributed by atoms with Crippen LogP contribution in [0.15, 0.2) is 42.5 Å². The number of methoxy groups -OCH3 is 2. The van der Waals surface area contributed by atoms with Crippen molar-refractivity contribution in [2.24, 2.45) is 0 Å². The molecule has 9 nitrogen and oxygen atoms in total. The van der Waals surface area contributed by atoms with Gasteiger partial charge < -0.3 is 34.9 Å². The third kappa shape index (κ3) is 8.31. The van der Waals surface area contributed by atoms with Gasteiger partial charge in [-0.25, -0.2) is 9.18 Å². The van der Waals surface area contributed by atoms with Crippen LogP contribution in [0.1, 0.15) is 22.5 Å². The lowest BCUT2D eigenvalue weighted by molar-refractivity contribution is -0.140. The van der Waals surface area contributed by atoms with E-state index in [1.54, 1.807) is 24.3 Å². The van der Waals surface area contributed by atoms with Gasteiger partial charge in [-0.1, -0.05) is 12.0 Å². The molecule has 2 heterocycles. The molecule has 0 aliphatic carbocycles. The summed E-state index contributed by atoms with van der Waals surface area (Å²) in [5, 5.41) is 25.8. The minimum Gasteiger partial charge on any atom is -0.495 e. The summed E-state index contributed by atoms with van der Waals surface area (Å²) in [5.41, 5.74) is 1.46. The van der Waals surface area contributed by atoms with Gasteiger partial charge in [0.2, 0.25) is 0 Å². The van der Waals surface area contributed by atoms with Gasteiger partial charge in [0.05, 0.1) is 54.9 Å². The molecule has 4 N–H and O–H groups in total. The van der Waals surface area contributed by atoms with Gasteiger partial charge in [-0.15, -0.1) is 0 Å². The van der Waals surface area contributed by atoms with Gasteiger partial charge in [-0.2, -0.15) is 13.2 Å². The highest BCUT2D eigenvalue weighted by atomic mass is 19.4. The lowest BCUT2D eigenvalue weighted by atomic mass is 10.0. The summed E-state index contributed by atoms with van der Waals surface area (Å²) in [4.78, 5) is 13.0. The lowest BCUT2D eigenvalue weighted by Crippen LogP contribution is -2.50. The Balaban J connectivity index is 1.53. The summed E-state index contributed by atoms with van der Waals surface area (Å²) in [7, 11) is 2.87. The monoisotopic (exact) mass is 606 g/mol. The van der Waals surface area contributed by atoms with E-state index in [9.17, 15) is 23.1 Å². The first-order valence-electron chi connectivity index (χ1n) is 13.6. The van der Waals surface area contributed by atoms with Gasteiger partial charge in [0.15, 0.2) is 0 Å². The number of ether oxygens (including phenoxy) is 2. The molecule has 1 aliphatic rings. The van der Waals surface area contributed by atoms with Crippen molar-refractivity contribution < 1.29 is 42.0 Å². The fraction of sp³-hybridized carbons (Fsp3) is 0.433. The second-order valence-corrected chi connectivity index (χ2v) is 10.3. The zero-order valence-electron chi connectivity index (χ0n) is 23.7. The van der Waals surface area contributed by atoms with E-state index in [-0.39, 0.29) is 43.2 Å². The van der Waals surface area contributed by atoms with Crippen LogP contribution >= 0.6 is 0 Å². The minimum atomic E-state index is -4.51. The molecule has 3 atom stereocenters. The highest BCUT2D eigenvalue weighted by Crippen LogP contribution is 2.32. The molecule has 0 bridgehead atoms. The van der Waals surface area contributed by atoms with Crippen molar-refractivity contribution >= 4 is 28.2 Å². The Labute approximate surface area is 246 Å². The van der Waals surface area contributed by atoms with E-state index in [4.69, 9.17) is 14.6 Å². The molecule has 1 saturated heterocycles. The van der Waals surface area contributed by atoms with E-state index in [1.807, 2.05) is 4.90 Å². The van der Waals surface area contributed by atoms with Crippen LogP contribution in [0.3, 0.4) is 0 Å². The zero-order chi connectivity index (χ0) is 31.1. The summed E-state index contributed by atoms with van der Waals surface area (Å²) in [6.45, 7) is -0.123. The standard InChI is InChI=1S/C30H34F4N4O5/c1-42-17-21(39)15-37-12-10-25(23(31)16-37)36-24-6-3-7-27-22(24)14-20(38(27)18-30(32,33)34)5-4-11-35-26-9-8-19(29(40)41)13-28(26)43-2/h3,6-9,13-14,21,23,25,35-36,39H,10-12,15-18H2,1-2H3,(H,40,41)/t21-,23+,25?/m1/s1. The number of aliphatic hydroxyl groups is 1. The first kappa shape index (κ1) is 31.9. The number of carbonyl (C=O) groups is 1. The smallest absolute Gasteiger partial charge is 0.406 e. The quantitative estimate of drug-likeness (QED) is 0.190. The molecule has 43 heavy (non-hydrogen) atoms. The van der Waals surface area contributed by atoms with Crippen molar-refractivity contribution in [3.8, 4) is 17.6 Å². The van der Waals surface area contributed by atoms with E-state index in [1.165, 1.54) is 32.4 Å². The number of nitrogens with zero attached hydrogens (tertiary/aromatic N) is 2. The second kappa shape index (κ2) is 14.0. The van der Waals surface area contributed by atoms with Crippen LogP contribution in [0.5, 0.6) is 5.75 Å². The zero-order valence-corrected chi connectivity index (χ0v) is 23.7. The van der Waals surface area contributed by atoms with Gasteiger partial charge in [0, 0.05) is 37.8 Å². The number of nitrogens with one attached hydrogen (secondary N) is 2. The molecule has 1 fully saturated rings. The highest BCUT2D eigenvalue weighted by Gasteiger charge is 2.32. The van der Waals surface area contributed by atoms with Crippen molar-refractivity contribution in [2.45, 2.75) is 37.5 Å². The highest BCUT2D eigenvalue weighted by molar-refractivity contribution is 5.94. The molecule has 1 aromatic heterocycles. The van der Waals surface area contributed by atoms with Crippen LogP contribution in [0.4, 0.5) is 28.9 Å². The minimum absolute atomic E-state index is 0.0417. The Morgan fingerprint density at radius 1 is 1.19 bits per heavy atom. The molecule has 2 aromatic carbocycles. The van der Waals surface area contributed by atoms with Gasteiger partial charge in [0.25, 0.3) is 0 Å². The molecule has 1 unspecified atom stereocenters. The van der Waals surface area contributed by atoms with E-state index < -0.39 is 37.0 Å². The topological polar surface area (TPSA) is 108 Å². The Bertz CT molecular complexity index is 1480. The predicted octanol–water partition coefficient (Wildman–Crippen LogP) is 4.21. The number of piperidine rings is 1. The molecule has 0 radical (unpaired) electrons. The number of carboxylic acid groups (broad SMARTS) is 1. The molecule has 3 aromatic rings. The number of hydrogen-bond acceptors (Lipinski definition) is 7. The number of anilines is 2. The Morgan fingerprint density at radius 2 is 1.98 bits per heavy atom. The molecule has 232 valence electrons. The number of aromatic nitrogens is 1. The first-order chi connectivity index (χ1) is 20.5. The average Bonchev–Trinajstić information content (AvgIpc) is 3.29. The largest absolute Gasteiger partial charge is 0.495 e. The molecule has 0 saturated carbocycles. The van der Waals surface area contributed by atoms with Crippen molar-refractivity contribution in [2.75, 3.05) is 57.6 Å². The maximum absolute atomic E-state index is 15.1. The molecule has 0 amide bonds. The van der Waals surface area contributed by atoms with Gasteiger partial charge in [-0.3, -0.25) is 4.90 Å². The number of aromatic carboxylic acids is 1. The molecular formula is C30H34F4N4O5. The Kier molecular flexibility index (Phi) is 10.4. The van der Waals surface area contributed by atoms with Crippen LogP contribution in [0.2, 0.25) is 0 Å². The third-order valence-corrected chi connectivity index (χ3v) is 7.11. The number of β-amino-alcohol motifs (C(OH)–C–C–N with tert-alkyl or cyclic N) is 1. The van der Waals surface area contributed by atoms with Crippen LogP contribution < -0.4 is 15.4 Å². The number of likely N-dealkylation sites (tertiary alicyclic amines) is 1. The molecule has 1 aliphatic heterocycles. The van der Waals surface area contributed by atoms with Crippen molar-refractivity contribution in [3.63, 3.8) is 0 Å². The van der Waals surface area contributed by atoms with E-state index in [0.717, 1.165) is 4.57 Å². The third-order valence-electron chi connectivity index (χ3n) is 7.11. The normalized spacial score (nSPS) is 18.1. The summed E-state index contributed by atoms with van der Waals surface area (Å²) in [6, 6.07) is 10.2. The summed E-state index contributed by atoms with van der Waals surface area (Å²) < 4.78 is 67.1. The molecular weight excluding hydrogens is 572 g/mol. The summed E-state index contributed by atoms with van der Waals surface area (Å²) in [5.74, 6) is 4.81. The van der Waals surface area contributed by atoms with E-state index in [0.29, 0.717) is 35.2 Å². The number of carboxylic acids is 1. The fourth-order valence-corrected chi connectivity index (χ4v) is 5.15. The van der Waals surface area contributed by atoms with E-state index >= 15 is 4.39 Å². The maximum Gasteiger partial charge on any atom is 0.406 e. The number of halogens is 4.